The second-order valence-corrected chi connectivity index (χ2v) is 7.54. The van der Waals surface area contributed by atoms with Gasteiger partial charge in [-0.15, -0.1) is 24.8 Å². The second-order valence-electron chi connectivity index (χ2n) is 6.53. The van der Waals surface area contributed by atoms with Crippen molar-refractivity contribution in [2.45, 2.75) is 13.3 Å². The number of nitrogens with one attached hydrogen (secondary N) is 1. The number of aliphatic carboxylic acids is 1. The van der Waals surface area contributed by atoms with Crippen LogP contribution in [0.3, 0.4) is 0 Å². The molecule has 4 rings (SSSR count). The van der Waals surface area contributed by atoms with E-state index in [1.165, 1.54) is 11.3 Å². The zero-order valence-corrected chi connectivity index (χ0v) is 18.1. The van der Waals surface area contributed by atoms with Crippen LogP contribution in [-0.2, 0) is 4.79 Å². The molecule has 0 saturated carbocycles. The van der Waals surface area contributed by atoms with Crippen LogP contribution in [0.4, 0.5) is 16.8 Å². The third-order valence-electron chi connectivity index (χ3n) is 4.47. The molecule has 1 unspecified atom stereocenters. The van der Waals surface area contributed by atoms with Crippen molar-refractivity contribution < 1.29 is 9.90 Å². The van der Waals surface area contributed by atoms with E-state index >= 15 is 0 Å². The molecule has 10 heteroatoms. The average Bonchev–Trinajstić information content (AvgIpc) is 3.32. The highest BCUT2D eigenvalue weighted by molar-refractivity contribution is 7.18. The van der Waals surface area contributed by atoms with E-state index in [2.05, 4.69) is 20.3 Å². The molecule has 0 amide bonds. The van der Waals surface area contributed by atoms with Crippen molar-refractivity contribution in [1.82, 2.24) is 15.0 Å². The normalized spacial score (nSPS) is 15.3. The molecule has 0 aromatic carbocycles. The van der Waals surface area contributed by atoms with Crippen LogP contribution in [-0.4, -0.2) is 39.1 Å². The number of hydrogen-bond donors (Lipinski definition) is 2. The molecule has 1 aliphatic heterocycles. The third kappa shape index (κ3) is 5.35. The fraction of sp³-hybridized carbons (Fsp3) is 0.263. The number of pyridine rings is 2. The molecule has 3 aromatic rings. The smallest absolute Gasteiger partial charge is 0.308 e. The minimum Gasteiger partial charge on any atom is -0.481 e. The van der Waals surface area contributed by atoms with Crippen LogP contribution in [0.5, 0.6) is 0 Å². The molecule has 7 nitrogen and oxygen atoms in total. The molecule has 1 saturated heterocycles. The predicted molar refractivity (Wildman–Crippen MR) is 120 cm³/mol. The fourth-order valence-corrected chi connectivity index (χ4v) is 3.96. The number of hydrogen-bond acceptors (Lipinski definition) is 7. The minimum atomic E-state index is -0.737. The molecule has 2 N–H and O–H groups in total. The highest BCUT2D eigenvalue weighted by Crippen LogP contribution is 2.33. The number of anilines is 3. The first kappa shape index (κ1) is 22.9. The van der Waals surface area contributed by atoms with Crippen LogP contribution in [0.15, 0.2) is 42.7 Å². The Morgan fingerprint density at radius 1 is 1.24 bits per heavy atom. The maximum absolute atomic E-state index is 11.1. The summed E-state index contributed by atoms with van der Waals surface area (Å²) in [4.78, 5) is 27.6. The first-order chi connectivity index (χ1) is 13.1. The van der Waals surface area contributed by atoms with Gasteiger partial charge in [-0.25, -0.2) is 15.0 Å². The summed E-state index contributed by atoms with van der Waals surface area (Å²) in [5.41, 5.74) is 1.95. The number of halogens is 2. The largest absolute Gasteiger partial charge is 0.481 e. The molecule has 1 aliphatic rings. The van der Waals surface area contributed by atoms with Crippen molar-refractivity contribution in [2.75, 3.05) is 23.3 Å². The second kappa shape index (κ2) is 9.87. The van der Waals surface area contributed by atoms with Gasteiger partial charge in [-0.1, -0.05) is 17.4 Å². The quantitative estimate of drug-likeness (QED) is 0.590. The van der Waals surface area contributed by atoms with E-state index in [1.54, 1.807) is 12.4 Å². The van der Waals surface area contributed by atoms with Gasteiger partial charge in [0.1, 0.15) is 11.6 Å². The molecule has 0 spiro atoms. The van der Waals surface area contributed by atoms with Gasteiger partial charge in [0, 0.05) is 25.5 Å². The van der Waals surface area contributed by atoms with Gasteiger partial charge in [-0.05, 0) is 43.2 Å². The molecular formula is C19H21Cl2N5O2S. The van der Waals surface area contributed by atoms with Gasteiger partial charge in [-0.2, -0.15) is 0 Å². The van der Waals surface area contributed by atoms with E-state index in [0.29, 0.717) is 18.8 Å². The Morgan fingerprint density at radius 2 is 2.07 bits per heavy atom. The Labute approximate surface area is 185 Å². The molecule has 0 aliphatic carbocycles. The lowest BCUT2D eigenvalue weighted by Gasteiger charge is -2.13. The molecule has 154 valence electrons. The maximum Gasteiger partial charge on any atom is 0.308 e. The van der Waals surface area contributed by atoms with Crippen LogP contribution >= 0.6 is 36.2 Å². The molecular weight excluding hydrogens is 433 g/mol. The molecule has 0 bridgehead atoms. The molecule has 0 radical (unpaired) electrons. The zero-order valence-electron chi connectivity index (χ0n) is 15.6. The van der Waals surface area contributed by atoms with Gasteiger partial charge in [0.25, 0.3) is 0 Å². The van der Waals surface area contributed by atoms with Crippen LogP contribution < -0.4 is 10.2 Å². The van der Waals surface area contributed by atoms with E-state index in [4.69, 9.17) is 5.11 Å². The van der Waals surface area contributed by atoms with Crippen LogP contribution in [0.1, 0.15) is 12.0 Å². The number of thiazole rings is 1. The van der Waals surface area contributed by atoms with E-state index in [-0.39, 0.29) is 30.7 Å². The first-order valence-corrected chi connectivity index (χ1v) is 9.51. The minimum absolute atomic E-state index is 0. The SMILES string of the molecule is Cc1ccnc(Nc2cccc(-c3cnc(N4CCC(C(=O)O)C4)s3)n2)c1.Cl.Cl. The van der Waals surface area contributed by atoms with Gasteiger partial charge < -0.3 is 15.3 Å². The van der Waals surface area contributed by atoms with Gasteiger partial charge >= 0.3 is 5.97 Å². The maximum atomic E-state index is 11.1. The fourth-order valence-electron chi connectivity index (χ4n) is 3.04. The number of nitrogens with zero attached hydrogens (tertiary/aromatic N) is 4. The van der Waals surface area contributed by atoms with Gasteiger partial charge in [0.05, 0.1) is 16.5 Å². The number of rotatable bonds is 5. The summed E-state index contributed by atoms with van der Waals surface area (Å²) in [6.45, 7) is 3.25. The summed E-state index contributed by atoms with van der Waals surface area (Å²) >= 11 is 1.53. The van der Waals surface area contributed by atoms with Crippen LogP contribution in [0.25, 0.3) is 10.6 Å². The van der Waals surface area contributed by atoms with Crippen molar-refractivity contribution in [3.8, 4) is 10.6 Å². The number of aryl methyl sites for hydroxylation is 1. The summed E-state index contributed by atoms with van der Waals surface area (Å²) in [5, 5.41) is 13.2. The van der Waals surface area contributed by atoms with Crippen LogP contribution in [0, 0.1) is 12.8 Å². The lowest BCUT2D eigenvalue weighted by Crippen LogP contribution is -2.22. The standard InChI is InChI=1S/C19H19N5O2S.2ClH/c1-12-5-7-20-17(9-12)23-16-4-2-3-14(22-16)15-10-21-19(27-15)24-8-6-13(11-24)18(25)26;;/h2-5,7,9-10,13H,6,8,11H2,1H3,(H,25,26)(H,20,22,23);2*1H. The number of carboxylic acid groups (broad SMARTS) is 1. The number of carbonyl (C=O) groups is 1. The molecule has 3 aromatic heterocycles. The lowest BCUT2D eigenvalue weighted by atomic mass is 10.1. The molecule has 29 heavy (non-hydrogen) atoms. The van der Waals surface area contributed by atoms with Crippen molar-refractivity contribution in [3.05, 3.63) is 48.3 Å². The van der Waals surface area contributed by atoms with Crippen LogP contribution in [0.2, 0.25) is 0 Å². The van der Waals surface area contributed by atoms with Gasteiger partial charge in [0.2, 0.25) is 0 Å². The van der Waals surface area contributed by atoms with Crippen molar-refractivity contribution in [2.24, 2.45) is 5.92 Å². The van der Waals surface area contributed by atoms with Crippen molar-refractivity contribution >= 4 is 58.9 Å². The number of aromatic nitrogens is 3. The Kier molecular flexibility index (Phi) is 7.78. The summed E-state index contributed by atoms with van der Waals surface area (Å²) < 4.78 is 0. The van der Waals surface area contributed by atoms with E-state index in [0.717, 1.165) is 33.6 Å². The van der Waals surface area contributed by atoms with Gasteiger partial charge in [-0.3, -0.25) is 4.79 Å². The lowest BCUT2D eigenvalue weighted by molar-refractivity contribution is -0.140. The summed E-state index contributed by atoms with van der Waals surface area (Å²) in [7, 11) is 0. The van der Waals surface area contributed by atoms with E-state index in [9.17, 15) is 4.79 Å². The van der Waals surface area contributed by atoms with Crippen molar-refractivity contribution in [1.29, 1.82) is 0 Å². The Balaban J connectivity index is 0.00000150. The summed E-state index contributed by atoms with van der Waals surface area (Å²) in [5.74, 6) is 0.415. The summed E-state index contributed by atoms with van der Waals surface area (Å²) in [6.07, 6.45) is 4.22. The topological polar surface area (TPSA) is 91.2 Å². The Morgan fingerprint density at radius 3 is 2.79 bits per heavy atom. The average molecular weight is 454 g/mol. The Hall–Kier alpha value is -2.42. The van der Waals surface area contributed by atoms with Gasteiger partial charge in [0.15, 0.2) is 5.13 Å². The highest BCUT2D eigenvalue weighted by atomic mass is 35.5. The van der Waals surface area contributed by atoms with E-state index in [1.807, 2.05) is 42.2 Å². The predicted octanol–water partition coefficient (Wildman–Crippen LogP) is 4.41. The molecule has 4 heterocycles. The monoisotopic (exact) mass is 453 g/mol. The highest BCUT2D eigenvalue weighted by Gasteiger charge is 2.29. The molecule has 1 fully saturated rings. The van der Waals surface area contributed by atoms with Crippen molar-refractivity contribution in [3.63, 3.8) is 0 Å². The van der Waals surface area contributed by atoms with E-state index < -0.39 is 5.97 Å². The third-order valence-corrected chi connectivity index (χ3v) is 5.56. The molecule has 1 atom stereocenters. The Bertz CT molecular complexity index is 984. The summed E-state index contributed by atoms with van der Waals surface area (Å²) in [6, 6.07) is 9.69. The zero-order chi connectivity index (χ0) is 18.8. The number of carboxylic acids is 1. The first-order valence-electron chi connectivity index (χ1n) is 8.69.